The zero-order valence-electron chi connectivity index (χ0n) is 14.1. The molecule has 0 saturated heterocycles. The molecule has 2 aromatic carbocycles. The Hall–Kier alpha value is -2.46. The van der Waals surface area contributed by atoms with Gasteiger partial charge in [-0.2, -0.15) is 0 Å². The van der Waals surface area contributed by atoms with Crippen LogP contribution in [-0.2, 0) is 13.0 Å². The van der Waals surface area contributed by atoms with Crippen LogP contribution in [0.5, 0.6) is 11.5 Å². The molecule has 4 nitrogen and oxygen atoms in total. The monoisotopic (exact) mass is 356 g/mol. The number of rotatable bonds is 8. The van der Waals surface area contributed by atoms with Crippen molar-refractivity contribution in [1.82, 2.24) is 9.55 Å². The number of methoxy groups -OCH3 is 1. The predicted octanol–water partition coefficient (Wildman–Crippen LogP) is 4.63. The van der Waals surface area contributed by atoms with Gasteiger partial charge in [-0.15, -0.1) is 0 Å². The summed E-state index contributed by atoms with van der Waals surface area (Å²) in [7, 11) is 1.66. The SMILES string of the molecule is COc1ccc(OC(CCc2ccc(Cl)cc2)Cn2ccnc2)cc1. The van der Waals surface area contributed by atoms with Gasteiger partial charge in [0.2, 0.25) is 0 Å². The fourth-order valence-corrected chi connectivity index (χ4v) is 2.77. The van der Waals surface area contributed by atoms with E-state index in [1.807, 2.05) is 53.5 Å². The molecule has 1 heterocycles. The number of hydrogen-bond acceptors (Lipinski definition) is 3. The molecule has 0 aliphatic heterocycles. The van der Waals surface area contributed by atoms with Gasteiger partial charge in [0.15, 0.2) is 0 Å². The second kappa shape index (κ2) is 8.58. The van der Waals surface area contributed by atoms with Crippen LogP contribution in [-0.4, -0.2) is 22.8 Å². The summed E-state index contributed by atoms with van der Waals surface area (Å²) < 4.78 is 13.4. The summed E-state index contributed by atoms with van der Waals surface area (Å²) in [6.45, 7) is 0.750. The van der Waals surface area contributed by atoms with Gasteiger partial charge in [-0.1, -0.05) is 23.7 Å². The van der Waals surface area contributed by atoms with Gasteiger partial charge in [-0.05, 0) is 54.8 Å². The normalized spacial score (nSPS) is 11.9. The minimum absolute atomic E-state index is 0.0401. The van der Waals surface area contributed by atoms with E-state index in [2.05, 4.69) is 17.1 Å². The Kier molecular flexibility index (Phi) is 5.96. The molecular formula is C20H21ClN2O2. The lowest BCUT2D eigenvalue weighted by Gasteiger charge is -2.20. The lowest BCUT2D eigenvalue weighted by atomic mass is 10.1. The molecule has 0 aliphatic rings. The van der Waals surface area contributed by atoms with E-state index in [1.165, 1.54) is 5.56 Å². The molecular weight excluding hydrogens is 336 g/mol. The molecule has 0 bridgehead atoms. The highest BCUT2D eigenvalue weighted by Gasteiger charge is 2.12. The van der Waals surface area contributed by atoms with E-state index in [4.69, 9.17) is 21.1 Å². The summed E-state index contributed by atoms with van der Waals surface area (Å²) in [6, 6.07) is 15.6. The molecule has 0 saturated carbocycles. The lowest BCUT2D eigenvalue weighted by molar-refractivity contribution is 0.170. The number of ether oxygens (including phenoxy) is 2. The van der Waals surface area contributed by atoms with Gasteiger partial charge >= 0.3 is 0 Å². The molecule has 0 aliphatic carbocycles. The summed E-state index contributed by atoms with van der Waals surface area (Å²) >= 11 is 5.96. The number of imidazole rings is 1. The smallest absolute Gasteiger partial charge is 0.120 e. The van der Waals surface area contributed by atoms with E-state index in [1.54, 1.807) is 13.3 Å². The van der Waals surface area contributed by atoms with Crippen LogP contribution < -0.4 is 9.47 Å². The fraction of sp³-hybridized carbons (Fsp3) is 0.250. The highest BCUT2D eigenvalue weighted by atomic mass is 35.5. The van der Waals surface area contributed by atoms with E-state index >= 15 is 0 Å². The Morgan fingerprint density at radius 2 is 1.76 bits per heavy atom. The van der Waals surface area contributed by atoms with E-state index in [0.717, 1.165) is 35.9 Å². The molecule has 25 heavy (non-hydrogen) atoms. The second-order valence-electron chi connectivity index (χ2n) is 5.84. The van der Waals surface area contributed by atoms with Crippen LogP contribution in [0.4, 0.5) is 0 Å². The molecule has 0 amide bonds. The van der Waals surface area contributed by atoms with Gasteiger partial charge < -0.3 is 14.0 Å². The number of hydrogen-bond donors (Lipinski definition) is 0. The van der Waals surface area contributed by atoms with Crippen molar-refractivity contribution < 1.29 is 9.47 Å². The van der Waals surface area contributed by atoms with Crippen LogP contribution in [0.2, 0.25) is 5.02 Å². The molecule has 0 radical (unpaired) electrons. The van der Waals surface area contributed by atoms with Gasteiger partial charge in [0.1, 0.15) is 17.6 Å². The van der Waals surface area contributed by atoms with Crippen LogP contribution in [0.1, 0.15) is 12.0 Å². The molecule has 5 heteroatoms. The Bertz CT molecular complexity index is 755. The first kappa shape index (κ1) is 17.4. The van der Waals surface area contributed by atoms with Gasteiger partial charge in [-0.25, -0.2) is 4.98 Å². The van der Waals surface area contributed by atoms with E-state index in [9.17, 15) is 0 Å². The molecule has 1 atom stereocenters. The predicted molar refractivity (Wildman–Crippen MR) is 99.4 cm³/mol. The highest BCUT2D eigenvalue weighted by molar-refractivity contribution is 6.30. The summed E-state index contributed by atoms with van der Waals surface area (Å²) in [4.78, 5) is 4.11. The van der Waals surface area contributed by atoms with Crippen molar-refractivity contribution in [2.75, 3.05) is 7.11 Å². The standard InChI is InChI=1S/C20H21ClN2O2/c1-24-18-8-10-19(11-9-18)25-20(14-23-13-12-22-15-23)7-4-16-2-5-17(21)6-3-16/h2-3,5-6,8-13,15,20H,4,7,14H2,1H3. The lowest BCUT2D eigenvalue weighted by Crippen LogP contribution is -2.23. The highest BCUT2D eigenvalue weighted by Crippen LogP contribution is 2.20. The zero-order valence-corrected chi connectivity index (χ0v) is 14.9. The van der Waals surface area contributed by atoms with Gasteiger partial charge in [0, 0.05) is 17.4 Å². The van der Waals surface area contributed by atoms with Crippen LogP contribution in [0.3, 0.4) is 0 Å². The maximum Gasteiger partial charge on any atom is 0.120 e. The van der Waals surface area contributed by atoms with Crippen molar-refractivity contribution in [2.24, 2.45) is 0 Å². The Balaban J connectivity index is 1.66. The Morgan fingerprint density at radius 3 is 2.40 bits per heavy atom. The van der Waals surface area contributed by atoms with Crippen molar-refractivity contribution in [3.05, 3.63) is 77.8 Å². The first-order chi connectivity index (χ1) is 12.2. The van der Waals surface area contributed by atoms with Crippen molar-refractivity contribution in [3.63, 3.8) is 0 Å². The molecule has 3 aromatic rings. The van der Waals surface area contributed by atoms with Gasteiger partial charge in [-0.3, -0.25) is 0 Å². The maximum absolute atomic E-state index is 6.20. The molecule has 1 unspecified atom stereocenters. The molecule has 0 spiro atoms. The number of aromatic nitrogens is 2. The molecule has 3 rings (SSSR count). The van der Waals surface area contributed by atoms with Crippen LogP contribution in [0.15, 0.2) is 67.3 Å². The summed E-state index contributed by atoms with van der Waals surface area (Å²) in [6.07, 6.45) is 7.40. The van der Waals surface area contributed by atoms with E-state index in [-0.39, 0.29) is 6.10 Å². The quantitative estimate of drug-likeness (QED) is 0.590. The van der Waals surface area contributed by atoms with Gasteiger partial charge in [0.25, 0.3) is 0 Å². The fourth-order valence-electron chi connectivity index (χ4n) is 2.64. The number of benzene rings is 2. The van der Waals surface area contributed by atoms with Crippen molar-refractivity contribution in [1.29, 1.82) is 0 Å². The van der Waals surface area contributed by atoms with Crippen LogP contribution >= 0.6 is 11.6 Å². The van der Waals surface area contributed by atoms with E-state index in [0.29, 0.717) is 0 Å². The molecule has 130 valence electrons. The number of halogens is 1. The average molecular weight is 357 g/mol. The van der Waals surface area contributed by atoms with Crippen LogP contribution in [0, 0.1) is 0 Å². The largest absolute Gasteiger partial charge is 0.497 e. The number of nitrogens with zero attached hydrogens (tertiary/aromatic N) is 2. The van der Waals surface area contributed by atoms with Crippen molar-refractivity contribution >= 4 is 11.6 Å². The second-order valence-corrected chi connectivity index (χ2v) is 6.28. The van der Waals surface area contributed by atoms with E-state index < -0.39 is 0 Å². The first-order valence-corrected chi connectivity index (χ1v) is 8.61. The van der Waals surface area contributed by atoms with Crippen LogP contribution in [0.25, 0.3) is 0 Å². The summed E-state index contributed by atoms with van der Waals surface area (Å²) in [5.41, 5.74) is 1.25. The minimum atomic E-state index is 0.0401. The minimum Gasteiger partial charge on any atom is -0.497 e. The Morgan fingerprint density at radius 1 is 1.04 bits per heavy atom. The third-order valence-corrected chi connectivity index (χ3v) is 4.26. The van der Waals surface area contributed by atoms with Crippen molar-refractivity contribution in [3.8, 4) is 11.5 Å². The summed E-state index contributed by atoms with van der Waals surface area (Å²) in [5, 5.41) is 0.758. The average Bonchev–Trinajstić information content (AvgIpc) is 3.15. The summed E-state index contributed by atoms with van der Waals surface area (Å²) in [5.74, 6) is 1.65. The Labute approximate surface area is 153 Å². The first-order valence-electron chi connectivity index (χ1n) is 8.24. The molecule has 0 N–H and O–H groups in total. The van der Waals surface area contributed by atoms with Crippen molar-refractivity contribution in [2.45, 2.75) is 25.5 Å². The maximum atomic E-state index is 6.20. The number of aryl methyl sites for hydroxylation is 1. The molecule has 1 aromatic heterocycles. The zero-order chi connectivity index (χ0) is 17.5. The topological polar surface area (TPSA) is 36.3 Å². The third kappa shape index (κ3) is 5.26. The van der Waals surface area contributed by atoms with Gasteiger partial charge in [0.05, 0.1) is 20.0 Å². The third-order valence-electron chi connectivity index (χ3n) is 4.00. The molecule has 0 fully saturated rings.